The number of benzene rings is 3. The molecule has 2 aliphatic heterocycles. The summed E-state index contributed by atoms with van der Waals surface area (Å²) in [5.41, 5.74) is 7.34. The topological polar surface area (TPSA) is 61.0 Å². The van der Waals surface area contributed by atoms with Crippen LogP contribution < -0.4 is 5.32 Å². The van der Waals surface area contributed by atoms with Crippen molar-refractivity contribution in [2.24, 2.45) is 0 Å². The van der Waals surface area contributed by atoms with Gasteiger partial charge in [-0.15, -0.1) is 0 Å². The summed E-state index contributed by atoms with van der Waals surface area (Å²) in [6, 6.07) is 25.2. The van der Waals surface area contributed by atoms with E-state index in [1.165, 1.54) is 31.5 Å². The first-order valence-corrected chi connectivity index (χ1v) is 12.8. The van der Waals surface area contributed by atoms with Crippen molar-refractivity contribution in [3.05, 3.63) is 106 Å². The van der Waals surface area contributed by atoms with Gasteiger partial charge in [-0.1, -0.05) is 66.7 Å². The normalized spacial score (nSPS) is 19.6. The van der Waals surface area contributed by atoms with Gasteiger partial charge in [0.05, 0.1) is 11.2 Å². The zero-order chi connectivity index (χ0) is 24.3. The van der Waals surface area contributed by atoms with Gasteiger partial charge < -0.3 is 5.32 Å². The van der Waals surface area contributed by atoms with E-state index in [2.05, 4.69) is 87.2 Å². The third kappa shape index (κ3) is 4.75. The Kier molecular flexibility index (Phi) is 6.22. The highest BCUT2D eigenvalue weighted by Gasteiger charge is 2.29. The molecule has 3 heterocycles. The lowest BCUT2D eigenvalue weighted by Gasteiger charge is -2.14. The number of nitrogens with one attached hydrogen (secondary N) is 2. The van der Waals surface area contributed by atoms with Gasteiger partial charge in [-0.2, -0.15) is 5.10 Å². The summed E-state index contributed by atoms with van der Waals surface area (Å²) in [5, 5.41) is 11.7. The van der Waals surface area contributed by atoms with Gasteiger partial charge in [0.1, 0.15) is 0 Å². The number of amides is 1. The molecule has 0 aliphatic carbocycles. The van der Waals surface area contributed by atoms with Crippen molar-refractivity contribution in [1.29, 1.82) is 0 Å². The summed E-state index contributed by atoms with van der Waals surface area (Å²) in [7, 11) is 0. The zero-order valence-corrected chi connectivity index (χ0v) is 20.3. The predicted octanol–water partition coefficient (Wildman–Crippen LogP) is 5.63. The van der Waals surface area contributed by atoms with Crippen molar-refractivity contribution in [2.45, 2.75) is 25.3 Å². The first kappa shape index (κ1) is 22.5. The van der Waals surface area contributed by atoms with E-state index in [0.29, 0.717) is 6.54 Å². The lowest BCUT2D eigenvalue weighted by molar-refractivity contribution is -0.116. The van der Waals surface area contributed by atoms with E-state index in [1.54, 1.807) is 0 Å². The maximum absolute atomic E-state index is 12.5. The first-order chi connectivity index (χ1) is 17.7. The average molecular weight is 475 g/mol. The molecule has 0 radical (unpaired) electrons. The summed E-state index contributed by atoms with van der Waals surface area (Å²) < 4.78 is 0. The van der Waals surface area contributed by atoms with Crippen LogP contribution in [-0.4, -0.2) is 40.6 Å². The number of nitrogens with zero attached hydrogens (tertiary/aromatic N) is 2. The lowest BCUT2D eigenvalue weighted by Crippen LogP contribution is -2.18. The second kappa shape index (κ2) is 9.96. The molecule has 2 aliphatic rings. The second-order valence-corrected chi connectivity index (χ2v) is 9.75. The number of H-pyrrole nitrogens is 1. The molecule has 1 aromatic heterocycles. The van der Waals surface area contributed by atoms with Gasteiger partial charge in [0.2, 0.25) is 5.91 Å². The van der Waals surface area contributed by atoms with E-state index in [4.69, 9.17) is 0 Å². The van der Waals surface area contributed by atoms with Gasteiger partial charge in [-0.25, -0.2) is 0 Å². The summed E-state index contributed by atoms with van der Waals surface area (Å²) in [6.45, 7) is 4.11. The van der Waals surface area contributed by atoms with E-state index >= 15 is 0 Å². The van der Waals surface area contributed by atoms with Gasteiger partial charge in [0.15, 0.2) is 0 Å². The number of carbonyl (C=O) groups excluding carboxylic acids is 1. The molecule has 2 saturated heterocycles. The second-order valence-electron chi connectivity index (χ2n) is 9.75. The number of hydrogen-bond acceptors (Lipinski definition) is 3. The molecule has 2 N–H and O–H groups in total. The molecule has 0 saturated carbocycles. The Hall–Kier alpha value is -3.96. The molecule has 180 valence electrons. The van der Waals surface area contributed by atoms with Gasteiger partial charge in [-0.3, -0.25) is 14.8 Å². The van der Waals surface area contributed by atoms with Crippen LogP contribution in [0, 0.1) is 0 Å². The fourth-order valence-corrected chi connectivity index (χ4v) is 5.28. The van der Waals surface area contributed by atoms with Crippen LogP contribution in [0.15, 0.2) is 78.4 Å². The molecule has 5 nitrogen and oxygen atoms in total. The van der Waals surface area contributed by atoms with E-state index in [-0.39, 0.29) is 11.8 Å². The lowest BCUT2D eigenvalue weighted by atomic mass is 9.92. The van der Waals surface area contributed by atoms with Gasteiger partial charge in [0, 0.05) is 30.0 Å². The summed E-state index contributed by atoms with van der Waals surface area (Å²) in [5.74, 6) is 0.0695. The average Bonchev–Trinajstić information content (AvgIpc) is 3.65. The molecule has 0 spiro atoms. The molecule has 6 rings (SSSR count). The van der Waals surface area contributed by atoms with Crippen molar-refractivity contribution >= 4 is 35.0 Å². The predicted molar refractivity (Wildman–Crippen MR) is 146 cm³/mol. The number of carbonyl (C=O) groups is 1. The molecule has 2 fully saturated rings. The number of likely N-dealkylation sites (tertiary alicyclic amines) is 1. The maximum Gasteiger partial charge on any atom is 0.247 e. The minimum absolute atomic E-state index is 0.00336. The van der Waals surface area contributed by atoms with Crippen LogP contribution in [0.4, 0.5) is 0 Å². The van der Waals surface area contributed by atoms with Crippen molar-refractivity contribution < 1.29 is 4.79 Å². The van der Waals surface area contributed by atoms with Gasteiger partial charge in [-0.05, 0) is 72.5 Å². The molecule has 3 aromatic carbocycles. The number of aromatic nitrogens is 2. The monoisotopic (exact) mass is 474 g/mol. The molecule has 1 atom stereocenters. The number of fused-ring (bicyclic) bond motifs is 1. The fraction of sp³-hybridized carbons (Fsp3) is 0.226. The van der Waals surface area contributed by atoms with Crippen LogP contribution in [0.25, 0.3) is 29.1 Å². The Labute approximate surface area is 211 Å². The summed E-state index contributed by atoms with van der Waals surface area (Å²) >= 11 is 0. The van der Waals surface area contributed by atoms with Gasteiger partial charge in [0.25, 0.3) is 0 Å². The quantitative estimate of drug-likeness (QED) is 0.356. The fourth-order valence-electron chi connectivity index (χ4n) is 5.28. The molecular formula is C31H30N4O. The largest absolute Gasteiger partial charge is 0.351 e. The van der Waals surface area contributed by atoms with E-state index in [9.17, 15) is 4.79 Å². The Balaban J connectivity index is 1.19. The van der Waals surface area contributed by atoms with E-state index in [1.807, 2.05) is 24.3 Å². The van der Waals surface area contributed by atoms with Crippen molar-refractivity contribution in [3.8, 4) is 0 Å². The maximum atomic E-state index is 12.5. The number of rotatable bonds is 6. The third-order valence-corrected chi connectivity index (χ3v) is 7.26. The van der Waals surface area contributed by atoms with E-state index in [0.717, 1.165) is 45.4 Å². The highest BCUT2D eigenvalue weighted by atomic mass is 16.2. The van der Waals surface area contributed by atoms with Crippen LogP contribution >= 0.6 is 0 Å². The minimum Gasteiger partial charge on any atom is -0.351 e. The minimum atomic E-state index is 0.00336. The highest BCUT2D eigenvalue weighted by molar-refractivity contribution is 6.02. The summed E-state index contributed by atoms with van der Waals surface area (Å²) in [4.78, 5) is 15.1. The van der Waals surface area contributed by atoms with Gasteiger partial charge >= 0.3 is 0 Å². The molecule has 0 bridgehead atoms. The standard InChI is InChI=1S/C31H30N4O/c36-31-27(28(20-32-31)25-6-2-1-3-7-25)18-24-12-14-26-29(33-34-30(26)19-24)15-13-22-8-10-23(11-9-22)21-35-16-4-5-17-35/h1-3,6-15,18-19,28H,4-5,16-17,20-21H2,(H,32,36)(H,33,34)/b15-13?,27-18+. The molecule has 1 unspecified atom stereocenters. The molecule has 5 heteroatoms. The third-order valence-electron chi connectivity index (χ3n) is 7.26. The molecular weight excluding hydrogens is 444 g/mol. The van der Waals surface area contributed by atoms with Crippen molar-refractivity contribution in [1.82, 2.24) is 20.4 Å². The molecule has 1 amide bonds. The number of aromatic amines is 1. The Morgan fingerprint density at radius 2 is 1.69 bits per heavy atom. The Morgan fingerprint density at radius 3 is 2.50 bits per heavy atom. The zero-order valence-electron chi connectivity index (χ0n) is 20.3. The smallest absolute Gasteiger partial charge is 0.247 e. The Morgan fingerprint density at radius 1 is 0.917 bits per heavy atom. The molecule has 36 heavy (non-hydrogen) atoms. The van der Waals surface area contributed by atoms with Crippen LogP contribution in [0.3, 0.4) is 0 Å². The van der Waals surface area contributed by atoms with Crippen LogP contribution in [-0.2, 0) is 11.3 Å². The SMILES string of the molecule is O=C1NCC(c2ccccc2)/C1=C\c1ccc2c(C=Cc3ccc(CN4CCCC4)cc3)n[nH]c2c1. The van der Waals surface area contributed by atoms with Crippen molar-refractivity contribution in [2.75, 3.05) is 19.6 Å². The molecule has 4 aromatic rings. The Bertz CT molecular complexity index is 1430. The van der Waals surface area contributed by atoms with Crippen LogP contribution in [0.2, 0.25) is 0 Å². The first-order valence-electron chi connectivity index (χ1n) is 12.8. The van der Waals surface area contributed by atoms with Crippen LogP contribution in [0.5, 0.6) is 0 Å². The van der Waals surface area contributed by atoms with Crippen LogP contribution in [0.1, 0.15) is 46.7 Å². The summed E-state index contributed by atoms with van der Waals surface area (Å²) in [6.07, 6.45) is 8.81. The number of hydrogen-bond donors (Lipinski definition) is 2. The van der Waals surface area contributed by atoms with Crippen molar-refractivity contribution in [3.63, 3.8) is 0 Å². The van der Waals surface area contributed by atoms with E-state index < -0.39 is 0 Å². The highest BCUT2D eigenvalue weighted by Crippen LogP contribution is 2.30.